The molecule has 0 unspecified atom stereocenters. The van der Waals surface area contributed by atoms with Crippen molar-refractivity contribution in [2.75, 3.05) is 26.1 Å². The van der Waals surface area contributed by atoms with E-state index in [0.29, 0.717) is 40.3 Å². The number of anilines is 1. The number of hydrogen-bond donors (Lipinski definition) is 0. The second-order valence-corrected chi connectivity index (χ2v) is 9.24. The monoisotopic (exact) mass is 525 g/mol. The standard InChI is InChI=1S/C26H26F3N7O2/c1-35(2)18-11-30-22(20-21(16-9-10-16)31-14-32-25(20)37-4)34-24(18)38-13-15-5-7-17(8-6-15)23-33-19(12-36(23)3)26(27,28)29/h5-8,11-12,14,16H,9-10,13H2,1-4H3. The number of alkyl halides is 3. The van der Waals surface area contributed by atoms with Crippen LogP contribution in [0.25, 0.3) is 22.8 Å². The largest absolute Gasteiger partial charge is 0.480 e. The SMILES string of the molecule is COc1ncnc(C2CC2)c1-c1ncc(N(C)C)c(OCc2ccc(-c3nc(C(F)(F)F)cn3C)cc2)n1. The summed E-state index contributed by atoms with van der Waals surface area (Å²) in [7, 11) is 6.81. The fourth-order valence-corrected chi connectivity index (χ4v) is 4.08. The molecule has 3 heterocycles. The van der Waals surface area contributed by atoms with Crippen molar-refractivity contribution in [2.45, 2.75) is 31.5 Å². The maximum absolute atomic E-state index is 13.0. The van der Waals surface area contributed by atoms with Gasteiger partial charge in [0, 0.05) is 38.8 Å². The molecular weight excluding hydrogens is 499 g/mol. The first-order valence-corrected chi connectivity index (χ1v) is 11.9. The molecular formula is C26H26F3N7O2. The van der Waals surface area contributed by atoms with Crippen LogP contribution in [0.1, 0.15) is 35.7 Å². The van der Waals surface area contributed by atoms with E-state index in [-0.39, 0.29) is 12.4 Å². The Morgan fingerprint density at radius 1 is 1.03 bits per heavy atom. The molecule has 1 fully saturated rings. The Morgan fingerprint density at radius 2 is 1.76 bits per heavy atom. The van der Waals surface area contributed by atoms with E-state index in [2.05, 4.69) is 19.9 Å². The highest BCUT2D eigenvalue weighted by atomic mass is 19.4. The molecule has 0 radical (unpaired) electrons. The van der Waals surface area contributed by atoms with Crippen molar-refractivity contribution >= 4 is 5.69 Å². The minimum atomic E-state index is -4.50. The van der Waals surface area contributed by atoms with Gasteiger partial charge in [0.25, 0.3) is 0 Å². The third-order valence-corrected chi connectivity index (χ3v) is 6.19. The summed E-state index contributed by atoms with van der Waals surface area (Å²) in [5, 5.41) is 0. The smallest absolute Gasteiger partial charge is 0.434 e. The number of nitrogens with zero attached hydrogens (tertiary/aromatic N) is 7. The Kier molecular flexibility index (Phi) is 6.64. The van der Waals surface area contributed by atoms with Gasteiger partial charge in [-0.3, -0.25) is 0 Å². The van der Waals surface area contributed by atoms with Gasteiger partial charge in [0.05, 0.1) is 19.0 Å². The zero-order chi connectivity index (χ0) is 27.0. The van der Waals surface area contributed by atoms with Gasteiger partial charge >= 0.3 is 6.18 Å². The summed E-state index contributed by atoms with van der Waals surface area (Å²) in [6, 6.07) is 7.00. The average molecular weight is 526 g/mol. The zero-order valence-corrected chi connectivity index (χ0v) is 21.3. The van der Waals surface area contributed by atoms with Gasteiger partial charge in [0.2, 0.25) is 11.8 Å². The number of hydrogen-bond acceptors (Lipinski definition) is 8. The summed E-state index contributed by atoms with van der Waals surface area (Å²) in [6.45, 7) is 0.184. The van der Waals surface area contributed by atoms with Gasteiger partial charge in [-0.2, -0.15) is 18.2 Å². The van der Waals surface area contributed by atoms with Crippen LogP contribution in [-0.2, 0) is 19.8 Å². The lowest BCUT2D eigenvalue weighted by atomic mass is 10.1. The number of aryl methyl sites for hydroxylation is 1. The van der Waals surface area contributed by atoms with E-state index in [1.807, 2.05) is 19.0 Å². The topological polar surface area (TPSA) is 91.1 Å². The average Bonchev–Trinajstić information content (AvgIpc) is 3.67. The van der Waals surface area contributed by atoms with Crippen LogP contribution >= 0.6 is 0 Å². The van der Waals surface area contributed by atoms with Crippen molar-refractivity contribution in [1.29, 1.82) is 0 Å². The van der Waals surface area contributed by atoms with E-state index >= 15 is 0 Å². The predicted octanol–water partition coefficient (Wildman–Crippen LogP) is 4.88. The van der Waals surface area contributed by atoms with Crippen LogP contribution in [0.3, 0.4) is 0 Å². The van der Waals surface area contributed by atoms with Crippen molar-refractivity contribution in [3.63, 3.8) is 0 Å². The molecule has 0 bridgehead atoms. The Labute approximate surface area is 217 Å². The fourth-order valence-electron chi connectivity index (χ4n) is 4.08. The van der Waals surface area contributed by atoms with Gasteiger partial charge in [-0.15, -0.1) is 0 Å². The number of benzene rings is 1. The van der Waals surface area contributed by atoms with Crippen molar-refractivity contribution in [1.82, 2.24) is 29.5 Å². The zero-order valence-electron chi connectivity index (χ0n) is 21.3. The number of imidazole rings is 1. The Morgan fingerprint density at radius 3 is 2.37 bits per heavy atom. The fraction of sp³-hybridized carbons (Fsp3) is 0.346. The van der Waals surface area contributed by atoms with Crippen molar-refractivity contribution in [3.05, 3.63) is 59.9 Å². The molecule has 0 spiro atoms. The molecule has 1 saturated carbocycles. The highest BCUT2D eigenvalue weighted by Gasteiger charge is 2.34. The minimum Gasteiger partial charge on any atom is -0.480 e. The minimum absolute atomic E-state index is 0.184. The van der Waals surface area contributed by atoms with Gasteiger partial charge in [0.15, 0.2) is 11.5 Å². The number of halogens is 3. The van der Waals surface area contributed by atoms with E-state index in [9.17, 15) is 13.2 Å². The molecule has 38 heavy (non-hydrogen) atoms. The van der Waals surface area contributed by atoms with Gasteiger partial charge in [-0.25, -0.2) is 19.9 Å². The van der Waals surface area contributed by atoms with Crippen molar-refractivity contribution in [3.8, 4) is 34.5 Å². The molecule has 1 aromatic carbocycles. The van der Waals surface area contributed by atoms with Crippen LogP contribution < -0.4 is 14.4 Å². The molecule has 3 aromatic heterocycles. The first-order valence-electron chi connectivity index (χ1n) is 11.9. The van der Waals surface area contributed by atoms with Crippen LogP contribution in [-0.4, -0.2) is 50.7 Å². The van der Waals surface area contributed by atoms with Crippen LogP contribution in [0.15, 0.2) is 43.0 Å². The highest BCUT2D eigenvalue weighted by Crippen LogP contribution is 2.45. The van der Waals surface area contributed by atoms with Crippen molar-refractivity contribution in [2.24, 2.45) is 7.05 Å². The molecule has 0 saturated heterocycles. The first kappa shape index (κ1) is 25.4. The molecule has 198 valence electrons. The second-order valence-electron chi connectivity index (χ2n) is 9.24. The van der Waals surface area contributed by atoms with Crippen LogP contribution in [0.4, 0.5) is 18.9 Å². The summed E-state index contributed by atoms with van der Waals surface area (Å²) in [5.74, 6) is 1.74. The van der Waals surface area contributed by atoms with Crippen molar-refractivity contribution < 1.29 is 22.6 Å². The quantitative estimate of drug-likeness (QED) is 0.321. The highest BCUT2D eigenvalue weighted by molar-refractivity contribution is 5.68. The Balaban J connectivity index is 1.40. The molecule has 9 nitrogen and oxygen atoms in total. The lowest BCUT2D eigenvalue weighted by Crippen LogP contribution is -2.13. The third-order valence-electron chi connectivity index (χ3n) is 6.19. The summed E-state index contributed by atoms with van der Waals surface area (Å²) < 4.78 is 52.1. The molecule has 0 aliphatic heterocycles. The molecule has 0 N–H and O–H groups in total. The van der Waals surface area contributed by atoms with E-state index in [4.69, 9.17) is 14.5 Å². The second kappa shape index (κ2) is 9.92. The number of rotatable bonds is 8. The number of methoxy groups -OCH3 is 1. The predicted molar refractivity (Wildman–Crippen MR) is 134 cm³/mol. The Hall–Kier alpha value is -4.22. The molecule has 0 atom stereocenters. The molecule has 12 heteroatoms. The molecule has 1 aliphatic rings. The molecule has 5 rings (SSSR count). The summed E-state index contributed by atoms with van der Waals surface area (Å²) in [6.07, 6.45) is 1.72. The molecule has 4 aromatic rings. The molecule has 0 amide bonds. The van der Waals surface area contributed by atoms with Gasteiger partial charge in [-0.1, -0.05) is 24.3 Å². The van der Waals surface area contributed by atoms with Crippen LogP contribution in [0.5, 0.6) is 11.8 Å². The van der Waals surface area contributed by atoms with Crippen LogP contribution in [0, 0.1) is 0 Å². The maximum atomic E-state index is 13.0. The lowest BCUT2D eigenvalue weighted by Gasteiger charge is -2.18. The van der Waals surface area contributed by atoms with Gasteiger partial charge in [0.1, 0.15) is 30.0 Å². The van der Waals surface area contributed by atoms with Crippen LogP contribution in [0.2, 0.25) is 0 Å². The first-order chi connectivity index (χ1) is 18.2. The van der Waals surface area contributed by atoms with Gasteiger partial charge in [-0.05, 0) is 18.4 Å². The van der Waals surface area contributed by atoms with E-state index in [1.165, 1.54) is 17.9 Å². The Bertz CT molecular complexity index is 1450. The summed E-state index contributed by atoms with van der Waals surface area (Å²) in [4.78, 5) is 23.6. The number of ether oxygens (including phenoxy) is 2. The third kappa shape index (κ3) is 5.11. The summed E-state index contributed by atoms with van der Waals surface area (Å²) >= 11 is 0. The maximum Gasteiger partial charge on any atom is 0.434 e. The normalized spacial score (nSPS) is 13.4. The molecule has 1 aliphatic carbocycles. The lowest BCUT2D eigenvalue weighted by molar-refractivity contribution is -0.140. The summed E-state index contributed by atoms with van der Waals surface area (Å²) in [5.41, 5.74) is 2.64. The van der Waals surface area contributed by atoms with E-state index < -0.39 is 11.9 Å². The number of aromatic nitrogens is 6. The van der Waals surface area contributed by atoms with E-state index in [0.717, 1.165) is 30.3 Å². The van der Waals surface area contributed by atoms with Gasteiger partial charge < -0.3 is 18.9 Å². The van der Waals surface area contributed by atoms with E-state index in [1.54, 1.807) is 37.6 Å².